The zero-order chi connectivity index (χ0) is 9.73. The van der Waals surface area contributed by atoms with Crippen LogP contribution in [0.3, 0.4) is 0 Å². The van der Waals surface area contributed by atoms with Gasteiger partial charge in [-0.2, -0.15) is 0 Å². The van der Waals surface area contributed by atoms with Gasteiger partial charge in [-0.25, -0.2) is 0 Å². The molecule has 1 rings (SSSR count). The largest absolute Gasteiger partial charge is 0.381 e. The number of rotatable bonds is 4. The minimum atomic E-state index is -0.644. The molecule has 3 heteroatoms. The average Bonchev–Trinajstić information content (AvgIpc) is 2.18. The van der Waals surface area contributed by atoms with Gasteiger partial charge < -0.3 is 9.47 Å². The Labute approximate surface area is 78.7 Å². The molecule has 0 saturated carbocycles. The first-order chi connectivity index (χ1) is 6.25. The minimum Gasteiger partial charge on any atom is -0.381 e. The molecule has 0 unspecified atom stereocenters. The molecule has 0 aliphatic carbocycles. The first-order valence-electron chi connectivity index (χ1n) is 4.64. The van der Waals surface area contributed by atoms with Crippen LogP contribution in [0.4, 0.5) is 0 Å². The van der Waals surface area contributed by atoms with Crippen molar-refractivity contribution in [3.05, 3.63) is 12.7 Å². The number of hydrogen-bond acceptors (Lipinski definition) is 3. The highest BCUT2D eigenvalue weighted by Crippen LogP contribution is 2.26. The van der Waals surface area contributed by atoms with E-state index in [4.69, 9.17) is 9.47 Å². The molecule has 0 N–H and O–H groups in total. The zero-order valence-electron chi connectivity index (χ0n) is 8.04. The fourth-order valence-electron chi connectivity index (χ4n) is 1.63. The summed E-state index contributed by atoms with van der Waals surface area (Å²) in [5, 5.41) is 0. The quantitative estimate of drug-likeness (QED) is 0.618. The molecule has 0 aromatic heterocycles. The van der Waals surface area contributed by atoms with Gasteiger partial charge in [0.2, 0.25) is 0 Å². The molecule has 0 aromatic rings. The van der Waals surface area contributed by atoms with E-state index in [1.165, 1.54) is 6.08 Å². The SMILES string of the molecule is C=CC(=O)C1(OCC)CCOCC1. The van der Waals surface area contributed by atoms with Crippen LogP contribution in [0, 0.1) is 0 Å². The molecular weight excluding hydrogens is 168 g/mol. The first kappa shape index (κ1) is 10.4. The lowest BCUT2D eigenvalue weighted by atomic mass is 9.89. The highest BCUT2D eigenvalue weighted by atomic mass is 16.5. The van der Waals surface area contributed by atoms with E-state index in [2.05, 4.69) is 6.58 Å². The van der Waals surface area contributed by atoms with Crippen molar-refractivity contribution in [2.24, 2.45) is 0 Å². The molecule has 1 aliphatic rings. The van der Waals surface area contributed by atoms with E-state index in [0.29, 0.717) is 32.7 Å². The average molecular weight is 184 g/mol. The smallest absolute Gasteiger partial charge is 0.187 e. The van der Waals surface area contributed by atoms with E-state index in [-0.39, 0.29) is 5.78 Å². The van der Waals surface area contributed by atoms with Crippen LogP contribution in [0.2, 0.25) is 0 Å². The van der Waals surface area contributed by atoms with Crippen LogP contribution in [0.1, 0.15) is 19.8 Å². The minimum absolute atomic E-state index is 0.0161. The van der Waals surface area contributed by atoms with Crippen LogP contribution in [0.15, 0.2) is 12.7 Å². The summed E-state index contributed by atoms with van der Waals surface area (Å²) in [6, 6.07) is 0. The van der Waals surface area contributed by atoms with Crippen LogP contribution < -0.4 is 0 Å². The third kappa shape index (κ3) is 2.17. The normalized spacial score (nSPS) is 21.0. The maximum atomic E-state index is 11.6. The van der Waals surface area contributed by atoms with Gasteiger partial charge in [-0.3, -0.25) is 4.79 Å². The number of ether oxygens (including phenoxy) is 2. The summed E-state index contributed by atoms with van der Waals surface area (Å²) in [7, 11) is 0. The lowest BCUT2D eigenvalue weighted by Crippen LogP contribution is -2.45. The van der Waals surface area contributed by atoms with Gasteiger partial charge in [-0.15, -0.1) is 0 Å². The van der Waals surface area contributed by atoms with Crippen LogP contribution in [-0.4, -0.2) is 31.2 Å². The van der Waals surface area contributed by atoms with E-state index < -0.39 is 5.60 Å². The van der Waals surface area contributed by atoms with E-state index in [9.17, 15) is 4.79 Å². The van der Waals surface area contributed by atoms with Gasteiger partial charge in [0.15, 0.2) is 5.78 Å². The molecule has 1 heterocycles. The second-order valence-electron chi connectivity index (χ2n) is 3.11. The van der Waals surface area contributed by atoms with Gasteiger partial charge in [0.05, 0.1) is 0 Å². The van der Waals surface area contributed by atoms with Gasteiger partial charge >= 0.3 is 0 Å². The fourth-order valence-corrected chi connectivity index (χ4v) is 1.63. The Morgan fingerprint density at radius 3 is 2.69 bits per heavy atom. The van der Waals surface area contributed by atoms with Crippen molar-refractivity contribution in [2.75, 3.05) is 19.8 Å². The van der Waals surface area contributed by atoms with Crippen molar-refractivity contribution in [3.8, 4) is 0 Å². The molecule has 0 spiro atoms. The van der Waals surface area contributed by atoms with Crippen molar-refractivity contribution >= 4 is 5.78 Å². The van der Waals surface area contributed by atoms with E-state index in [1.807, 2.05) is 6.92 Å². The summed E-state index contributed by atoms with van der Waals surface area (Å²) >= 11 is 0. The second-order valence-corrected chi connectivity index (χ2v) is 3.11. The van der Waals surface area contributed by atoms with Gasteiger partial charge in [-0.05, 0) is 13.0 Å². The Bertz CT molecular complexity index is 187. The molecule has 0 atom stereocenters. The summed E-state index contributed by atoms with van der Waals surface area (Å²) in [5.41, 5.74) is -0.644. The van der Waals surface area contributed by atoms with Crippen molar-refractivity contribution in [1.82, 2.24) is 0 Å². The van der Waals surface area contributed by atoms with Gasteiger partial charge in [0.25, 0.3) is 0 Å². The Morgan fingerprint density at radius 1 is 1.62 bits per heavy atom. The molecule has 13 heavy (non-hydrogen) atoms. The maximum absolute atomic E-state index is 11.6. The summed E-state index contributed by atoms with van der Waals surface area (Å²) in [4.78, 5) is 11.6. The van der Waals surface area contributed by atoms with Crippen LogP contribution in [0.5, 0.6) is 0 Å². The third-order valence-corrected chi connectivity index (χ3v) is 2.36. The zero-order valence-corrected chi connectivity index (χ0v) is 8.04. The molecule has 0 aromatic carbocycles. The third-order valence-electron chi connectivity index (χ3n) is 2.36. The summed E-state index contributed by atoms with van der Waals surface area (Å²) < 4.78 is 10.7. The highest BCUT2D eigenvalue weighted by Gasteiger charge is 2.38. The van der Waals surface area contributed by atoms with Crippen molar-refractivity contribution < 1.29 is 14.3 Å². The maximum Gasteiger partial charge on any atom is 0.187 e. The van der Waals surface area contributed by atoms with E-state index in [0.717, 1.165) is 0 Å². The van der Waals surface area contributed by atoms with Gasteiger partial charge in [0.1, 0.15) is 5.60 Å². The lowest BCUT2D eigenvalue weighted by Gasteiger charge is -2.34. The van der Waals surface area contributed by atoms with Gasteiger partial charge in [-0.1, -0.05) is 6.58 Å². The molecule has 1 saturated heterocycles. The van der Waals surface area contributed by atoms with Crippen LogP contribution in [0.25, 0.3) is 0 Å². The van der Waals surface area contributed by atoms with Crippen molar-refractivity contribution in [2.45, 2.75) is 25.4 Å². The first-order valence-corrected chi connectivity index (χ1v) is 4.64. The fraction of sp³-hybridized carbons (Fsp3) is 0.700. The molecule has 0 bridgehead atoms. The molecule has 1 aliphatic heterocycles. The molecule has 74 valence electrons. The lowest BCUT2D eigenvalue weighted by molar-refractivity contribution is -0.152. The molecule has 0 radical (unpaired) electrons. The summed E-state index contributed by atoms with van der Waals surface area (Å²) in [6.07, 6.45) is 2.64. The standard InChI is InChI=1S/C10H16O3/c1-3-9(11)10(13-4-2)5-7-12-8-6-10/h3H,1,4-8H2,2H3. The molecule has 0 amide bonds. The number of hydrogen-bond donors (Lipinski definition) is 0. The molecule has 3 nitrogen and oxygen atoms in total. The predicted molar refractivity (Wildman–Crippen MR) is 49.6 cm³/mol. The Balaban J connectivity index is 2.71. The summed E-state index contributed by atoms with van der Waals surface area (Å²) in [5.74, 6) is -0.0161. The van der Waals surface area contributed by atoms with Crippen LogP contribution >= 0.6 is 0 Å². The van der Waals surface area contributed by atoms with Crippen molar-refractivity contribution in [1.29, 1.82) is 0 Å². The Kier molecular flexibility index (Phi) is 3.63. The van der Waals surface area contributed by atoms with E-state index in [1.54, 1.807) is 0 Å². The molecule has 1 fully saturated rings. The number of carbonyl (C=O) groups is 1. The monoisotopic (exact) mass is 184 g/mol. The Hall–Kier alpha value is -0.670. The summed E-state index contributed by atoms with van der Waals surface area (Å²) in [6.45, 7) is 7.14. The number of ketones is 1. The van der Waals surface area contributed by atoms with Gasteiger partial charge in [0, 0.05) is 32.7 Å². The Morgan fingerprint density at radius 2 is 2.23 bits per heavy atom. The van der Waals surface area contributed by atoms with E-state index >= 15 is 0 Å². The van der Waals surface area contributed by atoms with Crippen LogP contribution in [-0.2, 0) is 14.3 Å². The second kappa shape index (κ2) is 4.53. The predicted octanol–water partition coefficient (Wildman–Crippen LogP) is 1.33. The molecular formula is C10H16O3. The highest BCUT2D eigenvalue weighted by molar-refractivity contribution is 5.96. The number of carbonyl (C=O) groups excluding carboxylic acids is 1. The topological polar surface area (TPSA) is 35.5 Å². The van der Waals surface area contributed by atoms with Crippen molar-refractivity contribution in [3.63, 3.8) is 0 Å².